The summed E-state index contributed by atoms with van der Waals surface area (Å²) in [6.45, 7) is 8.82. The van der Waals surface area contributed by atoms with Crippen molar-refractivity contribution in [2.24, 2.45) is 0 Å². The fraction of sp³-hybridized carbons (Fsp3) is 0.429. The quantitative estimate of drug-likeness (QED) is 0.557. The van der Waals surface area contributed by atoms with Gasteiger partial charge in [0.1, 0.15) is 36.2 Å². The number of imidazole rings is 2. The second-order valence-electron chi connectivity index (χ2n) is 6.69. The Balaban J connectivity index is 1.84. The summed E-state index contributed by atoms with van der Waals surface area (Å²) in [5.74, 6) is 1.27. The fourth-order valence-electron chi connectivity index (χ4n) is 3.16. The summed E-state index contributed by atoms with van der Waals surface area (Å²) in [4.78, 5) is 0. The van der Waals surface area contributed by atoms with Gasteiger partial charge >= 0.3 is 0 Å². The molecule has 0 atom stereocenters. The Bertz CT molecular complexity index is 813. The van der Waals surface area contributed by atoms with Crippen LogP contribution in [0.25, 0.3) is 11.4 Å². The molecule has 0 saturated heterocycles. The van der Waals surface area contributed by atoms with E-state index >= 15 is 0 Å². The lowest BCUT2D eigenvalue weighted by Crippen LogP contribution is -2.35. The Hall–Kier alpha value is -2.36. The SMILES string of the molecule is CCCC[n+]1ccn(-c2cccc(-n3cc[n+](CCCC)c3C)c2)c1. The predicted molar refractivity (Wildman–Crippen MR) is 100 cm³/mol. The van der Waals surface area contributed by atoms with Gasteiger partial charge in [-0.1, -0.05) is 32.8 Å². The average molecular weight is 338 g/mol. The van der Waals surface area contributed by atoms with E-state index in [-0.39, 0.29) is 0 Å². The van der Waals surface area contributed by atoms with Gasteiger partial charge in [0.15, 0.2) is 0 Å². The van der Waals surface area contributed by atoms with Crippen molar-refractivity contribution < 1.29 is 9.13 Å². The number of hydrogen-bond donors (Lipinski definition) is 0. The monoisotopic (exact) mass is 338 g/mol. The van der Waals surface area contributed by atoms with Crippen molar-refractivity contribution in [3.8, 4) is 11.4 Å². The van der Waals surface area contributed by atoms with Gasteiger partial charge in [0.25, 0.3) is 5.82 Å². The maximum absolute atomic E-state index is 2.34. The Morgan fingerprint density at radius 3 is 2.48 bits per heavy atom. The molecule has 0 aliphatic rings. The summed E-state index contributed by atoms with van der Waals surface area (Å²) in [6.07, 6.45) is 15.7. The van der Waals surface area contributed by atoms with Crippen LogP contribution in [0.15, 0.2) is 55.4 Å². The molecule has 0 aliphatic carbocycles. The molecule has 0 bridgehead atoms. The Morgan fingerprint density at radius 2 is 1.68 bits per heavy atom. The van der Waals surface area contributed by atoms with Crippen molar-refractivity contribution in [1.29, 1.82) is 0 Å². The minimum Gasteiger partial charge on any atom is -0.236 e. The summed E-state index contributed by atoms with van der Waals surface area (Å²) in [5.41, 5.74) is 2.40. The van der Waals surface area contributed by atoms with Crippen molar-refractivity contribution in [2.45, 2.75) is 59.5 Å². The zero-order valence-electron chi connectivity index (χ0n) is 15.7. The van der Waals surface area contributed by atoms with E-state index in [1.54, 1.807) is 0 Å². The third-order valence-corrected chi connectivity index (χ3v) is 4.78. The maximum Gasteiger partial charge on any atom is 0.258 e. The predicted octanol–water partition coefficient (Wildman–Crippen LogP) is 3.75. The Morgan fingerprint density at radius 1 is 0.920 bits per heavy atom. The van der Waals surface area contributed by atoms with E-state index in [1.165, 1.54) is 42.9 Å². The number of unbranched alkanes of at least 4 members (excludes halogenated alkanes) is 2. The highest BCUT2D eigenvalue weighted by Crippen LogP contribution is 2.15. The van der Waals surface area contributed by atoms with Crippen molar-refractivity contribution >= 4 is 0 Å². The van der Waals surface area contributed by atoms with Crippen molar-refractivity contribution in [3.63, 3.8) is 0 Å². The number of nitrogens with zero attached hydrogens (tertiary/aromatic N) is 4. The van der Waals surface area contributed by atoms with Crippen LogP contribution in [0.1, 0.15) is 45.4 Å². The molecule has 0 unspecified atom stereocenters. The Kier molecular flexibility index (Phi) is 5.69. The molecule has 1 aromatic carbocycles. The van der Waals surface area contributed by atoms with Gasteiger partial charge in [-0.25, -0.2) is 13.7 Å². The van der Waals surface area contributed by atoms with Crippen LogP contribution in [-0.2, 0) is 13.1 Å². The van der Waals surface area contributed by atoms with Crippen LogP contribution in [0.2, 0.25) is 0 Å². The van der Waals surface area contributed by atoms with Crippen LogP contribution in [0.3, 0.4) is 0 Å². The van der Waals surface area contributed by atoms with E-state index in [9.17, 15) is 0 Å². The van der Waals surface area contributed by atoms with Gasteiger partial charge in [0, 0.05) is 13.0 Å². The normalized spacial score (nSPS) is 11.2. The maximum atomic E-state index is 2.34. The van der Waals surface area contributed by atoms with Crippen molar-refractivity contribution in [3.05, 3.63) is 61.2 Å². The number of benzene rings is 1. The second kappa shape index (κ2) is 8.15. The van der Waals surface area contributed by atoms with E-state index in [0.717, 1.165) is 13.1 Å². The van der Waals surface area contributed by atoms with Crippen LogP contribution >= 0.6 is 0 Å². The molecular formula is C21H30N4+2. The van der Waals surface area contributed by atoms with Gasteiger partial charge in [-0.15, -0.1) is 0 Å². The largest absolute Gasteiger partial charge is 0.258 e. The zero-order valence-corrected chi connectivity index (χ0v) is 15.7. The summed E-state index contributed by atoms with van der Waals surface area (Å²) in [7, 11) is 0. The lowest BCUT2D eigenvalue weighted by atomic mass is 10.2. The standard InChI is InChI=1S/C21H30N4/c1-4-6-11-22-13-14-24(18-22)20-9-8-10-21(17-20)25-16-15-23(19(25)3)12-7-5-2/h8-10,13-18H,4-7,11-12H2,1-3H3/q+2. The van der Waals surface area contributed by atoms with Crippen LogP contribution in [-0.4, -0.2) is 9.13 Å². The highest BCUT2D eigenvalue weighted by Gasteiger charge is 2.15. The van der Waals surface area contributed by atoms with Crippen LogP contribution in [0.5, 0.6) is 0 Å². The molecule has 0 saturated carbocycles. The molecule has 132 valence electrons. The minimum atomic E-state index is 1.08. The van der Waals surface area contributed by atoms with Gasteiger partial charge in [-0.3, -0.25) is 0 Å². The summed E-state index contributed by atoms with van der Waals surface area (Å²) in [6, 6.07) is 8.73. The van der Waals surface area contributed by atoms with E-state index < -0.39 is 0 Å². The molecule has 0 aliphatic heterocycles. The highest BCUT2D eigenvalue weighted by molar-refractivity contribution is 5.43. The van der Waals surface area contributed by atoms with Crippen LogP contribution in [0.4, 0.5) is 0 Å². The summed E-state index contributed by atoms with van der Waals surface area (Å²) < 4.78 is 9.07. The van der Waals surface area contributed by atoms with E-state index in [1.807, 2.05) is 0 Å². The molecule has 3 aromatic rings. The third-order valence-electron chi connectivity index (χ3n) is 4.78. The van der Waals surface area contributed by atoms with Gasteiger partial charge in [0.2, 0.25) is 6.33 Å². The van der Waals surface area contributed by atoms with Gasteiger partial charge in [-0.05, 0) is 25.0 Å². The van der Waals surface area contributed by atoms with Crippen LogP contribution < -0.4 is 9.13 Å². The topological polar surface area (TPSA) is 17.6 Å². The molecule has 4 heteroatoms. The molecule has 0 fully saturated rings. The first-order chi connectivity index (χ1) is 12.2. The first kappa shape index (κ1) is 17.5. The van der Waals surface area contributed by atoms with E-state index in [4.69, 9.17) is 0 Å². The van der Waals surface area contributed by atoms with Crippen molar-refractivity contribution in [1.82, 2.24) is 9.13 Å². The molecule has 3 rings (SSSR count). The molecule has 0 amide bonds. The molecular weight excluding hydrogens is 308 g/mol. The summed E-state index contributed by atoms with van der Waals surface area (Å²) >= 11 is 0. The van der Waals surface area contributed by atoms with Gasteiger partial charge < -0.3 is 0 Å². The zero-order chi connectivity index (χ0) is 17.6. The van der Waals surface area contributed by atoms with Crippen LogP contribution in [0, 0.1) is 6.92 Å². The number of rotatable bonds is 8. The molecule has 0 spiro atoms. The fourth-order valence-corrected chi connectivity index (χ4v) is 3.16. The minimum absolute atomic E-state index is 1.08. The van der Waals surface area contributed by atoms with Gasteiger partial charge in [0.05, 0.1) is 13.1 Å². The Labute approximate surface area is 151 Å². The lowest BCUT2D eigenvalue weighted by Gasteiger charge is -2.02. The number of hydrogen-bond acceptors (Lipinski definition) is 0. The van der Waals surface area contributed by atoms with Gasteiger partial charge in [-0.2, -0.15) is 4.57 Å². The lowest BCUT2D eigenvalue weighted by molar-refractivity contribution is -0.702. The molecule has 2 heterocycles. The van der Waals surface area contributed by atoms with Crippen molar-refractivity contribution in [2.75, 3.05) is 0 Å². The van der Waals surface area contributed by atoms with E-state index in [0.29, 0.717) is 0 Å². The third kappa shape index (κ3) is 4.01. The smallest absolute Gasteiger partial charge is 0.236 e. The second-order valence-corrected chi connectivity index (χ2v) is 6.69. The molecule has 4 nitrogen and oxygen atoms in total. The highest BCUT2D eigenvalue weighted by atomic mass is 15.2. The summed E-state index contributed by atoms with van der Waals surface area (Å²) in [5, 5.41) is 0. The first-order valence-corrected chi connectivity index (χ1v) is 9.48. The number of aromatic nitrogens is 4. The van der Waals surface area contributed by atoms with E-state index in [2.05, 4.69) is 94.4 Å². The molecule has 0 N–H and O–H groups in total. The average Bonchev–Trinajstić information content (AvgIpc) is 3.25. The number of aryl methyl sites for hydroxylation is 2. The first-order valence-electron chi connectivity index (χ1n) is 9.48. The molecule has 0 radical (unpaired) electrons. The molecule has 2 aromatic heterocycles. The molecule has 25 heavy (non-hydrogen) atoms.